The zero-order valence-corrected chi connectivity index (χ0v) is 10.8. The summed E-state index contributed by atoms with van der Waals surface area (Å²) in [7, 11) is 0. The highest BCUT2D eigenvalue weighted by Gasteiger charge is 2.48. The van der Waals surface area contributed by atoms with E-state index in [9.17, 15) is 35.4 Å². The Labute approximate surface area is 120 Å². The Hall–Kier alpha value is -0.690. The van der Waals surface area contributed by atoms with Gasteiger partial charge >= 0.3 is 0 Å². The first-order valence-electron chi connectivity index (χ1n) is 6.64. The maximum atomic E-state index is 12.1. The molecule has 0 spiro atoms. The molecule has 0 aromatic heterocycles. The Balaban J connectivity index is 3.02. The fourth-order valence-corrected chi connectivity index (χ4v) is 1.83. The van der Waals surface area contributed by atoms with Gasteiger partial charge in [0.15, 0.2) is 5.78 Å². The lowest BCUT2D eigenvalue weighted by atomic mass is 9.90. The molecule has 0 radical (unpaired) electrons. The fraction of sp³-hybridized carbons (Fsp3) is 0.909. The summed E-state index contributed by atoms with van der Waals surface area (Å²) in [5.41, 5.74) is 0. The van der Waals surface area contributed by atoms with E-state index in [0.717, 1.165) is 0 Å². The van der Waals surface area contributed by atoms with E-state index in [1.165, 1.54) is 0 Å². The second-order valence-electron chi connectivity index (χ2n) is 4.68. The Morgan fingerprint density at radius 1 is 1.10 bits per heavy atom. The molecule has 8 atom stereocenters. The van der Waals surface area contributed by atoms with E-state index in [4.69, 9.17) is 16.3 Å². The molecule has 1 saturated heterocycles. The van der Waals surface area contributed by atoms with E-state index in [1.54, 1.807) is 0 Å². The number of ether oxygens (including phenoxy) is 1. The largest absolute Gasteiger partial charge is 0.394 e. The molecule has 1 aliphatic heterocycles. The van der Waals surface area contributed by atoms with Gasteiger partial charge in [-0.05, 0) is 0 Å². The van der Waals surface area contributed by atoms with Crippen LogP contribution in [0.1, 0.15) is 1.37 Å². The Morgan fingerprint density at radius 2 is 1.67 bits per heavy atom. The fourth-order valence-electron chi connectivity index (χ4n) is 1.83. The van der Waals surface area contributed by atoms with Crippen LogP contribution in [0.25, 0.3) is 0 Å². The highest BCUT2D eigenvalue weighted by Crippen LogP contribution is 2.23. The van der Waals surface area contributed by atoms with E-state index in [0.29, 0.717) is 0 Å². The summed E-state index contributed by atoms with van der Waals surface area (Å²) < 4.78 is 12.5. The molecular weight excluding hydrogens is 292 g/mol. The lowest BCUT2D eigenvalue weighted by molar-refractivity contribution is -0.230. The van der Waals surface area contributed by atoms with Crippen molar-refractivity contribution in [3.8, 4) is 0 Å². The molecule has 124 valence electrons. The molecular formula is C11H20O10. The second-order valence-corrected chi connectivity index (χ2v) is 4.68. The van der Waals surface area contributed by atoms with Crippen LogP contribution >= 0.6 is 0 Å². The summed E-state index contributed by atoms with van der Waals surface area (Å²) in [6, 6.07) is 0. The lowest BCUT2D eigenvalue weighted by Crippen LogP contribution is -2.63. The Morgan fingerprint density at radius 3 is 2.14 bits per heavy atom. The van der Waals surface area contributed by atoms with Crippen LogP contribution in [-0.2, 0) is 9.53 Å². The third-order valence-corrected chi connectivity index (χ3v) is 3.20. The van der Waals surface area contributed by atoms with Gasteiger partial charge in [-0.3, -0.25) is 4.79 Å². The number of hydrogen-bond donors (Lipinski definition) is 8. The number of aliphatic hydroxyl groups excluding tert-OH is 8. The van der Waals surface area contributed by atoms with Crippen molar-refractivity contribution in [2.24, 2.45) is 0 Å². The van der Waals surface area contributed by atoms with Crippen LogP contribution in [-0.4, -0.2) is 109 Å². The van der Waals surface area contributed by atoms with E-state index in [2.05, 4.69) is 0 Å². The third-order valence-electron chi connectivity index (χ3n) is 3.20. The zero-order valence-electron chi connectivity index (χ0n) is 11.8. The number of hydrogen-bond acceptors (Lipinski definition) is 10. The predicted molar refractivity (Wildman–Crippen MR) is 63.9 cm³/mol. The topological polar surface area (TPSA) is 188 Å². The molecule has 10 nitrogen and oxygen atoms in total. The molecule has 0 bridgehead atoms. The summed E-state index contributed by atoms with van der Waals surface area (Å²) in [6.45, 7) is -1.88. The number of rotatable bonds is 6. The molecule has 0 aromatic rings. The van der Waals surface area contributed by atoms with Crippen molar-refractivity contribution in [3.63, 3.8) is 0 Å². The first-order valence-corrected chi connectivity index (χ1v) is 6.14. The molecule has 1 aliphatic rings. The van der Waals surface area contributed by atoms with E-state index in [1.807, 2.05) is 0 Å². The molecule has 0 aliphatic carbocycles. The van der Waals surface area contributed by atoms with Gasteiger partial charge in [-0.25, -0.2) is 0 Å². The van der Waals surface area contributed by atoms with Crippen LogP contribution < -0.4 is 0 Å². The zero-order chi connectivity index (χ0) is 17.2. The monoisotopic (exact) mass is 313 g/mol. The van der Waals surface area contributed by atoms with Gasteiger partial charge in [-0.15, -0.1) is 0 Å². The summed E-state index contributed by atoms with van der Waals surface area (Å²) in [6.07, 6.45) is -17.2. The summed E-state index contributed by atoms with van der Waals surface area (Å²) in [5, 5.41) is 74.8. The van der Waals surface area contributed by atoms with Gasteiger partial charge in [0.1, 0.15) is 48.8 Å². The van der Waals surface area contributed by atoms with Gasteiger partial charge in [-0.2, -0.15) is 0 Å². The molecule has 0 aromatic carbocycles. The minimum Gasteiger partial charge on any atom is -0.394 e. The van der Waals surface area contributed by atoms with E-state index >= 15 is 0 Å². The number of carbonyl (C=O) groups excluding carboxylic acids is 1. The van der Waals surface area contributed by atoms with E-state index < -0.39 is 67.8 Å². The maximum Gasteiger partial charge on any atom is 0.195 e. The molecule has 8 N–H and O–H groups in total. The van der Waals surface area contributed by atoms with Crippen molar-refractivity contribution in [2.75, 3.05) is 13.2 Å². The van der Waals surface area contributed by atoms with Gasteiger partial charge in [0.05, 0.1) is 14.6 Å². The van der Waals surface area contributed by atoms with Crippen molar-refractivity contribution >= 4 is 5.78 Å². The van der Waals surface area contributed by atoms with Crippen molar-refractivity contribution in [3.05, 3.63) is 0 Å². The van der Waals surface area contributed by atoms with Crippen LogP contribution in [0, 0.1) is 0 Å². The van der Waals surface area contributed by atoms with E-state index in [-0.39, 0.29) is 0 Å². The van der Waals surface area contributed by atoms with Gasteiger partial charge in [0.2, 0.25) is 0 Å². The highest BCUT2D eigenvalue weighted by atomic mass is 16.5. The molecule has 1 fully saturated rings. The molecule has 21 heavy (non-hydrogen) atoms. The normalized spacial score (nSPS) is 42.0. The number of ketones is 1. The average molecular weight is 313 g/mol. The van der Waals surface area contributed by atoms with Crippen molar-refractivity contribution in [1.82, 2.24) is 0 Å². The van der Waals surface area contributed by atoms with Crippen LogP contribution in [0.2, 0.25) is 0 Å². The van der Waals surface area contributed by atoms with Crippen LogP contribution in [0.5, 0.6) is 0 Å². The Kier molecular flexibility index (Phi) is 5.98. The van der Waals surface area contributed by atoms with Crippen molar-refractivity contribution in [2.45, 2.75) is 48.8 Å². The number of aliphatic hydroxyl groups is 8. The van der Waals surface area contributed by atoms with Crippen LogP contribution in [0.4, 0.5) is 0 Å². The average Bonchev–Trinajstić information content (AvgIpc) is 2.53. The minimum absolute atomic E-state index is 0.892. The number of carbonyl (C=O) groups is 1. The van der Waals surface area contributed by atoms with Crippen LogP contribution in [0.15, 0.2) is 0 Å². The van der Waals surface area contributed by atoms with Gasteiger partial charge in [0.25, 0.3) is 0 Å². The summed E-state index contributed by atoms with van der Waals surface area (Å²) in [4.78, 5) is 12.1. The smallest absolute Gasteiger partial charge is 0.195 e. The second kappa shape index (κ2) is 7.54. The summed E-state index contributed by atoms with van der Waals surface area (Å²) in [5.74, 6) is -1.62. The molecule has 10 heteroatoms. The first-order chi connectivity index (χ1) is 10.1. The predicted octanol–water partition coefficient (Wildman–Crippen LogP) is -5.53. The molecule has 0 amide bonds. The quantitative estimate of drug-likeness (QED) is 0.235. The van der Waals surface area contributed by atoms with Crippen molar-refractivity contribution in [1.29, 1.82) is 0 Å². The van der Waals surface area contributed by atoms with Crippen molar-refractivity contribution < 1.29 is 51.8 Å². The Bertz CT molecular complexity index is 393. The highest BCUT2D eigenvalue weighted by molar-refractivity contribution is 5.88. The SMILES string of the molecule is [2H][C@]1(C(=O)[C@@H](O)[C@H](O)[C@H](O)CO)O[C@H](CO)[C@@H](O)[C@H](O)[C@H]1O. The molecule has 1 rings (SSSR count). The third kappa shape index (κ3) is 3.74. The number of Topliss-reactive ketones (excluding diaryl/α,β-unsaturated/α-hetero) is 1. The minimum atomic E-state index is -3.00. The molecule has 1 heterocycles. The lowest BCUT2D eigenvalue weighted by Gasteiger charge is -2.40. The van der Waals surface area contributed by atoms with Gasteiger partial charge in [0, 0.05) is 0 Å². The van der Waals surface area contributed by atoms with Crippen LogP contribution in [0.3, 0.4) is 0 Å². The standard InChI is InChI=1S/C11H20O10/c12-1-3(14)5(15)7(17)9(19)11-10(20)8(18)6(16)4(2-13)21-11/h3-8,10-18,20H,1-2H2/t3-,4-,5-,6-,7+,8+,10-,11-/m1/s1/i11D. The molecule has 0 saturated carbocycles. The van der Waals surface area contributed by atoms with Gasteiger partial charge < -0.3 is 45.6 Å². The molecule has 0 unspecified atom stereocenters. The van der Waals surface area contributed by atoms with Gasteiger partial charge in [-0.1, -0.05) is 0 Å². The maximum absolute atomic E-state index is 12.1. The first kappa shape index (κ1) is 16.7. The summed E-state index contributed by atoms with van der Waals surface area (Å²) >= 11 is 0.